The Morgan fingerprint density at radius 1 is 1.06 bits per heavy atom. The van der Waals surface area contributed by atoms with Crippen LogP contribution in [0.25, 0.3) is 11.3 Å². The van der Waals surface area contributed by atoms with E-state index < -0.39 is 0 Å². The number of carbonyl (C=O) groups is 2. The SMILES string of the molecule is CC(=O)Nc1cccc(-c2nccnc2C2CCCN(C(=O)Cc3ccccn3)C2)c1. The minimum atomic E-state index is -0.120. The lowest BCUT2D eigenvalue weighted by Gasteiger charge is -2.33. The summed E-state index contributed by atoms with van der Waals surface area (Å²) >= 11 is 0. The normalized spacial score (nSPS) is 16.0. The summed E-state index contributed by atoms with van der Waals surface area (Å²) in [5, 5.41) is 2.81. The van der Waals surface area contributed by atoms with Crippen LogP contribution in [0.4, 0.5) is 5.69 Å². The Kier molecular flexibility index (Phi) is 6.31. The van der Waals surface area contributed by atoms with Crippen LogP contribution in [0.3, 0.4) is 0 Å². The van der Waals surface area contributed by atoms with Gasteiger partial charge in [0, 0.05) is 61.5 Å². The molecule has 7 nitrogen and oxygen atoms in total. The van der Waals surface area contributed by atoms with Crippen molar-refractivity contribution < 1.29 is 9.59 Å². The maximum absolute atomic E-state index is 12.9. The lowest BCUT2D eigenvalue weighted by atomic mass is 9.91. The minimum Gasteiger partial charge on any atom is -0.342 e. The van der Waals surface area contributed by atoms with Crippen molar-refractivity contribution in [1.29, 1.82) is 0 Å². The summed E-state index contributed by atoms with van der Waals surface area (Å²) in [6, 6.07) is 13.2. The van der Waals surface area contributed by atoms with Crippen molar-refractivity contribution in [2.75, 3.05) is 18.4 Å². The molecule has 31 heavy (non-hydrogen) atoms. The van der Waals surface area contributed by atoms with Crippen LogP contribution in [0.5, 0.6) is 0 Å². The second-order valence-electron chi connectivity index (χ2n) is 7.73. The first-order chi connectivity index (χ1) is 15.1. The molecule has 0 aliphatic carbocycles. The number of hydrogen-bond donors (Lipinski definition) is 1. The van der Waals surface area contributed by atoms with Gasteiger partial charge in [-0.05, 0) is 37.1 Å². The average Bonchev–Trinajstić information content (AvgIpc) is 2.79. The Bertz CT molecular complexity index is 1070. The molecule has 2 aromatic heterocycles. The van der Waals surface area contributed by atoms with Crippen LogP contribution in [-0.2, 0) is 16.0 Å². The summed E-state index contributed by atoms with van der Waals surface area (Å²) in [5.74, 6) is 0.0712. The first-order valence-corrected chi connectivity index (χ1v) is 10.5. The highest BCUT2D eigenvalue weighted by atomic mass is 16.2. The first kappa shape index (κ1) is 20.7. The van der Waals surface area contributed by atoms with Crippen LogP contribution in [0.2, 0.25) is 0 Å². The Morgan fingerprint density at radius 3 is 2.74 bits per heavy atom. The molecule has 0 saturated carbocycles. The molecule has 1 aliphatic heterocycles. The van der Waals surface area contributed by atoms with Crippen LogP contribution >= 0.6 is 0 Å². The van der Waals surface area contributed by atoms with Crippen molar-refractivity contribution in [1.82, 2.24) is 19.9 Å². The van der Waals surface area contributed by atoms with E-state index in [4.69, 9.17) is 0 Å². The fourth-order valence-corrected chi connectivity index (χ4v) is 4.01. The fourth-order valence-electron chi connectivity index (χ4n) is 4.01. The van der Waals surface area contributed by atoms with E-state index in [1.807, 2.05) is 47.4 Å². The molecule has 7 heteroatoms. The van der Waals surface area contributed by atoms with Gasteiger partial charge in [-0.25, -0.2) is 0 Å². The number of aromatic nitrogens is 3. The fraction of sp³-hybridized carbons (Fsp3) is 0.292. The summed E-state index contributed by atoms with van der Waals surface area (Å²) in [6.07, 6.45) is 7.26. The second kappa shape index (κ2) is 9.47. The highest BCUT2D eigenvalue weighted by molar-refractivity contribution is 5.89. The van der Waals surface area contributed by atoms with E-state index in [-0.39, 0.29) is 17.7 Å². The second-order valence-corrected chi connectivity index (χ2v) is 7.73. The molecule has 3 aromatic rings. The number of benzene rings is 1. The molecule has 3 heterocycles. The number of carbonyl (C=O) groups excluding carboxylic acids is 2. The number of nitrogens with zero attached hydrogens (tertiary/aromatic N) is 4. The third kappa shape index (κ3) is 5.12. The van der Waals surface area contributed by atoms with Crippen LogP contribution in [0.15, 0.2) is 61.1 Å². The number of hydrogen-bond acceptors (Lipinski definition) is 5. The topological polar surface area (TPSA) is 88.1 Å². The van der Waals surface area contributed by atoms with Crippen molar-refractivity contribution in [3.05, 3.63) is 72.4 Å². The minimum absolute atomic E-state index is 0.0847. The quantitative estimate of drug-likeness (QED) is 0.690. The molecule has 4 rings (SSSR count). The van der Waals surface area contributed by atoms with Gasteiger partial charge >= 0.3 is 0 Å². The zero-order chi connectivity index (χ0) is 21.6. The van der Waals surface area contributed by atoms with Crippen LogP contribution in [0.1, 0.15) is 37.1 Å². The van der Waals surface area contributed by atoms with Crippen molar-refractivity contribution in [2.45, 2.75) is 32.1 Å². The number of amides is 2. The Balaban J connectivity index is 1.55. The van der Waals surface area contributed by atoms with Gasteiger partial charge in [0.2, 0.25) is 11.8 Å². The number of rotatable bonds is 5. The number of nitrogens with one attached hydrogen (secondary N) is 1. The van der Waals surface area contributed by atoms with Gasteiger partial charge in [0.05, 0.1) is 17.8 Å². The summed E-state index contributed by atoms with van der Waals surface area (Å²) in [6.45, 7) is 2.84. The smallest absolute Gasteiger partial charge is 0.228 e. The van der Waals surface area contributed by atoms with Crippen molar-refractivity contribution in [3.8, 4) is 11.3 Å². The van der Waals surface area contributed by atoms with Crippen molar-refractivity contribution >= 4 is 17.5 Å². The Labute approximate surface area is 181 Å². The van der Waals surface area contributed by atoms with Gasteiger partial charge in [0.1, 0.15) is 0 Å². The van der Waals surface area contributed by atoms with Gasteiger partial charge in [0.25, 0.3) is 0 Å². The molecule has 2 amide bonds. The summed E-state index contributed by atoms with van der Waals surface area (Å²) < 4.78 is 0. The molecule has 0 radical (unpaired) electrons. The zero-order valence-electron chi connectivity index (χ0n) is 17.5. The lowest BCUT2D eigenvalue weighted by molar-refractivity contribution is -0.131. The largest absolute Gasteiger partial charge is 0.342 e. The predicted octanol–water partition coefficient (Wildman–Crippen LogP) is 3.45. The van der Waals surface area contributed by atoms with Crippen LogP contribution < -0.4 is 5.32 Å². The molecule has 158 valence electrons. The lowest BCUT2D eigenvalue weighted by Crippen LogP contribution is -2.40. The Hall–Kier alpha value is -3.61. The molecule has 1 fully saturated rings. The average molecular weight is 415 g/mol. The standard InChI is InChI=1S/C24H25N5O2/c1-17(30)28-21-9-4-6-18(14-21)23-24(27-12-11-26-23)19-7-5-13-29(16-19)22(31)15-20-8-2-3-10-25-20/h2-4,6,8-12,14,19H,5,7,13,15-16H2,1H3,(H,28,30). The predicted molar refractivity (Wildman–Crippen MR) is 118 cm³/mol. The molecule has 1 unspecified atom stereocenters. The van der Waals surface area contributed by atoms with Gasteiger partial charge in [-0.2, -0.15) is 0 Å². The van der Waals surface area contributed by atoms with E-state index in [0.29, 0.717) is 13.0 Å². The van der Waals surface area contributed by atoms with E-state index in [9.17, 15) is 9.59 Å². The monoisotopic (exact) mass is 415 g/mol. The summed E-state index contributed by atoms with van der Waals surface area (Å²) in [4.78, 5) is 39.7. The summed E-state index contributed by atoms with van der Waals surface area (Å²) in [5.41, 5.74) is 4.07. The van der Waals surface area contributed by atoms with Gasteiger partial charge in [-0.1, -0.05) is 18.2 Å². The zero-order valence-corrected chi connectivity index (χ0v) is 17.5. The maximum atomic E-state index is 12.9. The third-order valence-corrected chi connectivity index (χ3v) is 5.40. The third-order valence-electron chi connectivity index (χ3n) is 5.40. The number of likely N-dealkylation sites (tertiary alicyclic amines) is 1. The van der Waals surface area contributed by atoms with Gasteiger partial charge in [-0.3, -0.25) is 24.5 Å². The Morgan fingerprint density at radius 2 is 1.94 bits per heavy atom. The van der Waals surface area contributed by atoms with E-state index in [1.54, 1.807) is 18.6 Å². The molecule has 1 aromatic carbocycles. The highest BCUT2D eigenvalue weighted by Gasteiger charge is 2.28. The van der Waals surface area contributed by atoms with Gasteiger partial charge < -0.3 is 10.2 Å². The van der Waals surface area contributed by atoms with E-state index in [1.165, 1.54) is 6.92 Å². The van der Waals surface area contributed by atoms with Crippen LogP contribution in [0, 0.1) is 0 Å². The van der Waals surface area contributed by atoms with Crippen molar-refractivity contribution in [3.63, 3.8) is 0 Å². The van der Waals surface area contributed by atoms with Crippen molar-refractivity contribution in [2.24, 2.45) is 0 Å². The molecule has 1 aliphatic rings. The van der Waals surface area contributed by atoms with Gasteiger partial charge in [0.15, 0.2) is 0 Å². The molecule has 0 spiro atoms. The number of anilines is 1. The highest BCUT2D eigenvalue weighted by Crippen LogP contribution is 2.32. The van der Waals surface area contributed by atoms with E-state index >= 15 is 0 Å². The van der Waals surface area contributed by atoms with Crippen LogP contribution in [-0.4, -0.2) is 44.8 Å². The summed E-state index contributed by atoms with van der Waals surface area (Å²) in [7, 11) is 0. The maximum Gasteiger partial charge on any atom is 0.228 e. The van der Waals surface area contributed by atoms with E-state index in [2.05, 4.69) is 20.3 Å². The number of pyridine rings is 1. The molecule has 1 saturated heterocycles. The number of piperidine rings is 1. The van der Waals surface area contributed by atoms with E-state index in [0.717, 1.165) is 47.7 Å². The molecule has 1 N–H and O–H groups in total. The van der Waals surface area contributed by atoms with Gasteiger partial charge in [-0.15, -0.1) is 0 Å². The first-order valence-electron chi connectivity index (χ1n) is 10.5. The molecular formula is C24H25N5O2. The molecule has 0 bridgehead atoms. The molecular weight excluding hydrogens is 390 g/mol. The molecule has 1 atom stereocenters.